The van der Waals surface area contributed by atoms with Gasteiger partial charge in [0, 0.05) is 48.5 Å². The summed E-state index contributed by atoms with van der Waals surface area (Å²) < 4.78 is 7.24. The molecule has 1 aliphatic heterocycles. The van der Waals surface area contributed by atoms with Gasteiger partial charge in [-0.15, -0.1) is 0 Å². The van der Waals surface area contributed by atoms with Crippen LogP contribution in [0, 0.1) is 3.57 Å². The maximum Gasteiger partial charge on any atom is 0.323 e. The number of aromatic nitrogens is 1. The summed E-state index contributed by atoms with van der Waals surface area (Å²) in [5, 5.41) is 6.26. The van der Waals surface area contributed by atoms with E-state index in [1.165, 1.54) is 0 Å². The SMILES string of the molecule is CN1CCC(Oc2cc(NC(=O)Nc3ccc(-c4ccncc4)c(Cl)c3)ccc2I)CC1. The van der Waals surface area contributed by atoms with Gasteiger partial charge in [0.05, 0.1) is 8.59 Å². The highest BCUT2D eigenvalue weighted by Crippen LogP contribution is 2.31. The van der Waals surface area contributed by atoms with Crippen LogP contribution in [-0.2, 0) is 0 Å². The molecule has 2 N–H and O–H groups in total. The van der Waals surface area contributed by atoms with Crippen LogP contribution in [0.1, 0.15) is 12.8 Å². The van der Waals surface area contributed by atoms with Crippen LogP contribution in [0.15, 0.2) is 60.9 Å². The van der Waals surface area contributed by atoms with Gasteiger partial charge in [0.15, 0.2) is 0 Å². The first kappa shape index (κ1) is 22.8. The highest BCUT2D eigenvalue weighted by Gasteiger charge is 2.19. The Bertz CT molecular complexity index is 1090. The van der Waals surface area contributed by atoms with Crippen molar-refractivity contribution in [3.63, 3.8) is 0 Å². The Kier molecular flexibility index (Phi) is 7.49. The van der Waals surface area contributed by atoms with Crippen molar-refractivity contribution in [3.8, 4) is 16.9 Å². The molecule has 166 valence electrons. The third-order valence-corrected chi connectivity index (χ3v) is 6.57. The van der Waals surface area contributed by atoms with E-state index in [0.29, 0.717) is 16.4 Å². The summed E-state index contributed by atoms with van der Waals surface area (Å²) in [6, 6.07) is 14.6. The zero-order valence-corrected chi connectivity index (χ0v) is 20.6. The number of hydrogen-bond donors (Lipinski definition) is 2. The molecule has 0 radical (unpaired) electrons. The van der Waals surface area contributed by atoms with Gasteiger partial charge >= 0.3 is 6.03 Å². The fraction of sp³-hybridized carbons (Fsp3) is 0.250. The van der Waals surface area contributed by atoms with Crippen LogP contribution in [0.4, 0.5) is 16.2 Å². The molecule has 2 aromatic carbocycles. The Labute approximate surface area is 206 Å². The lowest BCUT2D eigenvalue weighted by atomic mass is 10.1. The Hall–Kier alpha value is -2.36. The Morgan fingerprint density at radius 1 is 1.06 bits per heavy atom. The van der Waals surface area contributed by atoms with Crippen molar-refractivity contribution >= 4 is 51.6 Å². The molecule has 1 aliphatic rings. The van der Waals surface area contributed by atoms with E-state index >= 15 is 0 Å². The number of ether oxygens (including phenoxy) is 1. The average Bonchev–Trinajstić information content (AvgIpc) is 2.78. The molecular formula is C24H24ClIN4O2. The number of amides is 2. The van der Waals surface area contributed by atoms with Gasteiger partial charge in [-0.25, -0.2) is 4.79 Å². The average molecular weight is 563 g/mol. The van der Waals surface area contributed by atoms with Crippen LogP contribution in [-0.4, -0.2) is 42.2 Å². The number of nitrogens with one attached hydrogen (secondary N) is 2. The van der Waals surface area contributed by atoms with Crippen LogP contribution < -0.4 is 15.4 Å². The number of carbonyl (C=O) groups is 1. The van der Waals surface area contributed by atoms with Gasteiger partial charge in [-0.2, -0.15) is 0 Å². The summed E-state index contributed by atoms with van der Waals surface area (Å²) in [4.78, 5) is 18.9. The number of likely N-dealkylation sites (tertiary alicyclic amines) is 1. The zero-order valence-electron chi connectivity index (χ0n) is 17.6. The Morgan fingerprint density at radius 3 is 2.41 bits per heavy atom. The summed E-state index contributed by atoms with van der Waals surface area (Å²) >= 11 is 8.69. The third-order valence-electron chi connectivity index (χ3n) is 5.37. The minimum atomic E-state index is -0.343. The molecule has 0 bridgehead atoms. The number of urea groups is 1. The topological polar surface area (TPSA) is 66.5 Å². The van der Waals surface area contributed by atoms with E-state index in [1.807, 2.05) is 42.5 Å². The second kappa shape index (κ2) is 10.5. The Balaban J connectivity index is 1.39. The van der Waals surface area contributed by atoms with Crippen LogP contribution in [0.5, 0.6) is 5.75 Å². The monoisotopic (exact) mass is 562 g/mol. The quantitative estimate of drug-likeness (QED) is 0.368. The molecule has 32 heavy (non-hydrogen) atoms. The van der Waals surface area contributed by atoms with Gasteiger partial charge in [-0.05, 0) is 84.4 Å². The summed E-state index contributed by atoms with van der Waals surface area (Å²) in [5.74, 6) is 0.794. The van der Waals surface area contributed by atoms with E-state index in [9.17, 15) is 4.79 Å². The van der Waals surface area contributed by atoms with Crippen LogP contribution in [0.25, 0.3) is 11.1 Å². The fourth-order valence-corrected chi connectivity index (χ4v) is 4.36. The normalized spacial score (nSPS) is 14.7. The molecule has 8 heteroatoms. The standard InChI is InChI=1S/C24H24ClIN4O2/c1-30-12-8-19(9-13-30)32-23-15-18(3-5-22(23)26)29-24(31)28-17-2-4-20(21(25)14-17)16-6-10-27-11-7-16/h2-7,10-11,14-15,19H,8-9,12-13H2,1H3,(H2,28,29,31). The van der Waals surface area contributed by atoms with Gasteiger partial charge < -0.3 is 20.3 Å². The van der Waals surface area contributed by atoms with Crippen LogP contribution >= 0.6 is 34.2 Å². The maximum atomic E-state index is 12.5. The molecule has 0 saturated carbocycles. The summed E-state index contributed by atoms with van der Waals surface area (Å²) in [6.07, 6.45) is 5.64. The molecule has 2 amide bonds. The van der Waals surface area contributed by atoms with Gasteiger partial charge in [0.25, 0.3) is 0 Å². The number of carbonyl (C=O) groups excluding carboxylic acids is 1. The summed E-state index contributed by atoms with van der Waals surface area (Å²) in [5.41, 5.74) is 3.13. The highest BCUT2D eigenvalue weighted by molar-refractivity contribution is 14.1. The zero-order chi connectivity index (χ0) is 22.5. The molecule has 3 aromatic rings. The largest absolute Gasteiger partial charge is 0.489 e. The number of benzene rings is 2. The van der Waals surface area contributed by atoms with Crippen molar-refractivity contribution in [1.82, 2.24) is 9.88 Å². The molecule has 0 spiro atoms. The van der Waals surface area contributed by atoms with Gasteiger partial charge in [0.1, 0.15) is 11.9 Å². The number of pyridine rings is 1. The molecule has 1 aromatic heterocycles. The molecule has 0 unspecified atom stereocenters. The number of nitrogens with zero attached hydrogens (tertiary/aromatic N) is 2. The van der Waals surface area contributed by atoms with Crippen molar-refractivity contribution in [1.29, 1.82) is 0 Å². The summed E-state index contributed by atoms with van der Waals surface area (Å²) in [7, 11) is 2.13. The lowest BCUT2D eigenvalue weighted by Gasteiger charge is -2.29. The van der Waals surface area contributed by atoms with Gasteiger partial charge in [-0.1, -0.05) is 17.7 Å². The first-order valence-electron chi connectivity index (χ1n) is 10.4. The lowest BCUT2D eigenvalue weighted by Crippen LogP contribution is -2.35. The fourth-order valence-electron chi connectivity index (χ4n) is 3.61. The number of hydrogen-bond acceptors (Lipinski definition) is 4. The molecule has 0 atom stereocenters. The van der Waals surface area contributed by atoms with Gasteiger partial charge in [0.2, 0.25) is 0 Å². The second-order valence-corrected chi connectivity index (χ2v) is 9.34. The highest BCUT2D eigenvalue weighted by atomic mass is 127. The van der Waals surface area contributed by atoms with E-state index in [1.54, 1.807) is 18.5 Å². The Morgan fingerprint density at radius 2 is 1.72 bits per heavy atom. The van der Waals surface area contributed by atoms with E-state index < -0.39 is 0 Å². The van der Waals surface area contributed by atoms with E-state index in [2.05, 4.69) is 50.2 Å². The van der Waals surface area contributed by atoms with Crippen molar-refractivity contribution in [2.24, 2.45) is 0 Å². The smallest absolute Gasteiger partial charge is 0.323 e. The lowest BCUT2D eigenvalue weighted by molar-refractivity contribution is 0.113. The van der Waals surface area contributed by atoms with Crippen molar-refractivity contribution < 1.29 is 9.53 Å². The molecule has 2 heterocycles. The number of rotatable bonds is 5. The van der Waals surface area contributed by atoms with Crippen LogP contribution in [0.3, 0.4) is 0 Å². The van der Waals surface area contributed by atoms with Gasteiger partial charge in [-0.3, -0.25) is 4.98 Å². The molecule has 1 saturated heterocycles. The molecule has 1 fully saturated rings. The molecular weight excluding hydrogens is 539 g/mol. The second-order valence-electron chi connectivity index (χ2n) is 7.78. The summed E-state index contributed by atoms with van der Waals surface area (Å²) in [6.45, 7) is 2.06. The predicted molar refractivity (Wildman–Crippen MR) is 138 cm³/mol. The molecule has 4 rings (SSSR count). The molecule has 6 nitrogen and oxygen atoms in total. The minimum Gasteiger partial charge on any atom is -0.489 e. The van der Waals surface area contributed by atoms with E-state index in [0.717, 1.165) is 46.4 Å². The van der Waals surface area contributed by atoms with Crippen molar-refractivity contribution in [2.45, 2.75) is 18.9 Å². The predicted octanol–water partition coefficient (Wildman–Crippen LogP) is 6.12. The number of halogens is 2. The first-order valence-corrected chi connectivity index (χ1v) is 11.9. The maximum absolute atomic E-state index is 12.5. The molecule has 0 aliphatic carbocycles. The number of piperidine rings is 1. The third kappa shape index (κ3) is 5.90. The minimum absolute atomic E-state index is 0.199. The van der Waals surface area contributed by atoms with Crippen molar-refractivity contribution in [3.05, 3.63) is 69.5 Å². The van der Waals surface area contributed by atoms with E-state index in [-0.39, 0.29) is 12.1 Å². The van der Waals surface area contributed by atoms with Crippen LogP contribution in [0.2, 0.25) is 5.02 Å². The van der Waals surface area contributed by atoms with E-state index in [4.69, 9.17) is 16.3 Å². The number of anilines is 2. The van der Waals surface area contributed by atoms with Crippen molar-refractivity contribution in [2.75, 3.05) is 30.8 Å². The first-order chi connectivity index (χ1) is 15.5.